The van der Waals surface area contributed by atoms with E-state index in [9.17, 15) is 9.18 Å². The third kappa shape index (κ3) is 4.93. The molecule has 0 atom stereocenters. The molecule has 72 valence electrons. The van der Waals surface area contributed by atoms with Crippen molar-refractivity contribution in [3.63, 3.8) is 0 Å². The maximum Gasteiger partial charge on any atom is 0.409 e. The SMILES string of the molecule is CCOC(=O)N(C)CCCCF. The van der Waals surface area contributed by atoms with Crippen molar-refractivity contribution in [3.8, 4) is 0 Å². The first kappa shape index (κ1) is 11.2. The number of ether oxygens (including phenoxy) is 1. The lowest BCUT2D eigenvalue weighted by atomic mass is 10.3. The van der Waals surface area contributed by atoms with E-state index in [1.807, 2.05) is 0 Å². The molecule has 12 heavy (non-hydrogen) atoms. The van der Waals surface area contributed by atoms with Crippen LogP contribution in [0.5, 0.6) is 0 Å². The Bertz CT molecular complexity index is 130. The van der Waals surface area contributed by atoms with Crippen molar-refractivity contribution in [1.82, 2.24) is 4.90 Å². The molecule has 0 N–H and O–H groups in total. The fourth-order valence-electron chi connectivity index (χ4n) is 0.768. The van der Waals surface area contributed by atoms with Crippen molar-refractivity contribution in [3.05, 3.63) is 0 Å². The van der Waals surface area contributed by atoms with Crippen LogP contribution in [0.4, 0.5) is 9.18 Å². The lowest BCUT2D eigenvalue weighted by Crippen LogP contribution is -2.28. The largest absolute Gasteiger partial charge is 0.450 e. The Morgan fingerprint density at radius 2 is 2.17 bits per heavy atom. The summed E-state index contributed by atoms with van der Waals surface area (Å²) in [5.41, 5.74) is 0. The van der Waals surface area contributed by atoms with Crippen LogP contribution in [0.2, 0.25) is 0 Å². The van der Waals surface area contributed by atoms with Crippen LogP contribution < -0.4 is 0 Å². The molecule has 1 amide bonds. The number of hydrogen-bond donors (Lipinski definition) is 0. The van der Waals surface area contributed by atoms with Crippen molar-refractivity contribution in [1.29, 1.82) is 0 Å². The fraction of sp³-hybridized carbons (Fsp3) is 0.875. The summed E-state index contributed by atoms with van der Waals surface area (Å²) in [6.45, 7) is 2.37. The summed E-state index contributed by atoms with van der Waals surface area (Å²) in [6.07, 6.45) is 0.853. The van der Waals surface area contributed by atoms with Crippen LogP contribution in [0.3, 0.4) is 0 Å². The highest BCUT2D eigenvalue weighted by molar-refractivity contribution is 5.67. The summed E-state index contributed by atoms with van der Waals surface area (Å²) in [6, 6.07) is 0. The van der Waals surface area contributed by atoms with Gasteiger partial charge in [0, 0.05) is 13.6 Å². The molecular formula is C8H16FNO2. The number of rotatable bonds is 5. The predicted molar refractivity (Wildman–Crippen MR) is 44.9 cm³/mol. The average Bonchev–Trinajstić information content (AvgIpc) is 2.05. The first-order chi connectivity index (χ1) is 5.72. The number of hydrogen-bond acceptors (Lipinski definition) is 2. The first-order valence-corrected chi connectivity index (χ1v) is 4.16. The van der Waals surface area contributed by atoms with Gasteiger partial charge in [0.2, 0.25) is 0 Å². The van der Waals surface area contributed by atoms with Gasteiger partial charge < -0.3 is 9.64 Å². The molecule has 0 spiro atoms. The Labute approximate surface area is 72.5 Å². The zero-order valence-corrected chi connectivity index (χ0v) is 7.68. The zero-order chi connectivity index (χ0) is 9.40. The van der Waals surface area contributed by atoms with E-state index in [2.05, 4.69) is 0 Å². The van der Waals surface area contributed by atoms with Gasteiger partial charge in [-0.2, -0.15) is 0 Å². The number of amides is 1. The Hall–Kier alpha value is -0.800. The summed E-state index contributed by atoms with van der Waals surface area (Å²) in [5.74, 6) is 0. The van der Waals surface area contributed by atoms with E-state index >= 15 is 0 Å². The van der Waals surface area contributed by atoms with Crippen LogP contribution >= 0.6 is 0 Å². The van der Waals surface area contributed by atoms with E-state index < -0.39 is 0 Å². The molecule has 0 aromatic carbocycles. The van der Waals surface area contributed by atoms with E-state index in [0.717, 1.165) is 0 Å². The van der Waals surface area contributed by atoms with Gasteiger partial charge in [-0.25, -0.2) is 4.79 Å². The second-order valence-corrected chi connectivity index (χ2v) is 2.52. The Morgan fingerprint density at radius 3 is 2.67 bits per heavy atom. The third-order valence-electron chi connectivity index (χ3n) is 1.46. The molecule has 0 unspecified atom stereocenters. The Morgan fingerprint density at radius 1 is 1.50 bits per heavy atom. The molecule has 3 nitrogen and oxygen atoms in total. The van der Waals surface area contributed by atoms with Gasteiger partial charge in [0.05, 0.1) is 13.3 Å². The van der Waals surface area contributed by atoms with E-state index in [1.165, 1.54) is 4.90 Å². The van der Waals surface area contributed by atoms with Crippen molar-refractivity contribution in [2.24, 2.45) is 0 Å². The number of carbonyl (C=O) groups is 1. The van der Waals surface area contributed by atoms with Crippen molar-refractivity contribution >= 4 is 6.09 Å². The lowest BCUT2D eigenvalue weighted by Gasteiger charge is -2.15. The minimum Gasteiger partial charge on any atom is -0.450 e. The summed E-state index contributed by atoms with van der Waals surface area (Å²) < 4.78 is 16.4. The standard InChI is InChI=1S/C8H16FNO2/c1-3-12-8(11)10(2)7-5-4-6-9/h3-7H2,1-2H3. The number of alkyl halides is 1. The van der Waals surface area contributed by atoms with Crippen molar-refractivity contribution < 1.29 is 13.9 Å². The summed E-state index contributed by atoms with van der Waals surface area (Å²) in [4.78, 5) is 12.4. The van der Waals surface area contributed by atoms with Gasteiger partial charge in [-0.1, -0.05) is 0 Å². The number of halogens is 1. The molecule has 0 rings (SSSR count). The zero-order valence-electron chi connectivity index (χ0n) is 7.68. The molecule has 0 fully saturated rings. The summed E-state index contributed by atoms with van der Waals surface area (Å²) in [7, 11) is 1.65. The normalized spacial score (nSPS) is 9.58. The van der Waals surface area contributed by atoms with E-state index in [1.54, 1.807) is 14.0 Å². The van der Waals surface area contributed by atoms with Crippen molar-refractivity contribution in [2.45, 2.75) is 19.8 Å². The predicted octanol–water partition coefficient (Wildman–Crippen LogP) is 1.82. The van der Waals surface area contributed by atoms with Gasteiger partial charge in [0.25, 0.3) is 0 Å². The highest BCUT2D eigenvalue weighted by Crippen LogP contribution is 1.95. The van der Waals surface area contributed by atoms with Crippen LogP contribution in [-0.2, 0) is 4.74 Å². The molecule has 4 heteroatoms. The molecule has 0 aliphatic carbocycles. The maximum atomic E-state index is 11.7. The third-order valence-corrected chi connectivity index (χ3v) is 1.46. The Kier molecular flexibility index (Phi) is 6.42. The fourth-order valence-corrected chi connectivity index (χ4v) is 0.768. The molecule has 0 saturated carbocycles. The maximum absolute atomic E-state index is 11.7. The summed E-state index contributed by atoms with van der Waals surface area (Å²) in [5, 5.41) is 0. The second kappa shape index (κ2) is 6.88. The van der Waals surface area contributed by atoms with E-state index in [-0.39, 0.29) is 12.8 Å². The molecule has 0 saturated heterocycles. The van der Waals surface area contributed by atoms with Crippen molar-refractivity contribution in [2.75, 3.05) is 26.9 Å². The van der Waals surface area contributed by atoms with Gasteiger partial charge in [0.1, 0.15) is 0 Å². The molecule has 0 heterocycles. The monoisotopic (exact) mass is 177 g/mol. The second-order valence-electron chi connectivity index (χ2n) is 2.52. The van der Waals surface area contributed by atoms with Gasteiger partial charge in [-0.05, 0) is 19.8 Å². The van der Waals surface area contributed by atoms with Crippen LogP contribution in [0.1, 0.15) is 19.8 Å². The van der Waals surface area contributed by atoms with Gasteiger partial charge in [0.15, 0.2) is 0 Å². The summed E-state index contributed by atoms with van der Waals surface area (Å²) >= 11 is 0. The molecular weight excluding hydrogens is 161 g/mol. The smallest absolute Gasteiger partial charge is 0.409 e. The van der Waals surface area contributed by atoms with Gasteiger partial charge >= 0.3 is 6.09 Å². The topological polar surface area (TPSA) is 29.5 Å². The highest BCUT2D eigenvalue weighted by Gasteiger charge is 2.07. The Balaban J connectivity index is 3.42. The minimum absolute atomic E-state index is 0.323. The number of nitrogens with zero attached hydrogens (tertiary/aromatic N) is 1. The van der Waals surface area contributed by atoms with E-state index in [0.29, 0.717) is 26.0 Å². The van der Waals surface area contributed by atoms with Crippen LogP contribution in [0, 0.1) is 0 Å². The molecule has 0 aromatic rings. The van der Waals surface area contributed by atoms with E-state index in [4.69, 9.17) is 4.74 Å². The number of unbranched alkanes of at least 4 members (excludes halogenated alkanes) is 1. The van der Waals surface area contributed by atoms with Gasteiger partial charge in [-0.3, -0.25) is 4.39 Å². The molecule has 0 aliphatic heterocycles. The van der Waals surface area contributed by atoms with Crippen LogP contribution in [-0.4, -0.2) is 37.9 Å². The number of carbonyl (C=O) groups excluding carboxylic acids is 1. The van der Waals surface area contributed by atoms with Crippen LogP contribution in [0.25, 0.3) is 0 Å². The van der Waals surface area contributed by atoms with Gasteiger partial charge in [-0.15, -0.1) is 0 Å². The molecule has 0 radical (unpaired) electrons. The highest BCUT2D eigenvalue weighted by atomic mass is 19.1. The minimum atomic E-state index is -0.337. The van der Waals surface area contributed by atoms with Crippen LogP contribution in [0.15, 0.2) is 0 Å². The lowest BCUT2D eigenvalue weighted by molar-refractivity contribution is 0.115. The average molecular weight is 177 g/mol. The first-order valence-electron chi connectivity index (χ1n) is 4.16. The molecule has 0 bridgehead atoms. The molecule has 0 aromatic heterocycles. The quantitative estimate of drug-likeness (QED) is 0.599. The molecule has 0 aliphatic rings.